The van der Waals surface area contributed by atoms with E-state index in [4.69, 9.17) is 9.72 Å². The molecule has 0 amide bonds. The number of likely N-dealkylation sites (N-methyl/N-ethyl adjacent to an activating group) is 1. The van der Waals surface area contributed by atoms with E-state index < -0.39 is 10.2 Å². The third kappa shape index (κ3) is 6.54. The van der Waals surface area contributed by atoms with Crippen LogP contribution >= 0.6 is 11.3 Å². The van der Waals surface area contributed by atoms with E-state index in [1.165, 1.54) is 23.6 Å². The standard InChI is InChI=1S/C26H37N5O3S2/c1-4-5-6-16-31-17-14-21(19-31)30(2)36(32,33)27-15-13-23-25(20-9-11-22(34-3)12-10-20)29-26(28-23)24-8-7-18-35-24/h7-12,18,21,27H,4-6,13-17,19H2,1-3H3,(H,28,29). The summed E-state index contributed by atoms with van der Waals surface area (Å²) in [5.74, 6) is 1.57. The van der Waals surface area contributed by atoms with Crippen LogP contribution in [-0.2, 0) is 16.6 Å². The summed E-state index contributed by atoms with van der Waals surface area (Å²) in [6.45, 7) is 5.29. The molecule has 36 heavy (non-hydrogen) atoms. The number of unbranched alkanes of at least 4 members (excludes halogenated alkanes) is 2. The van der Waals surface area contributed by atoms with Gasteiger partial charge in [0.25, 0.3) is 10.2 Å². The van der Waals surface area contributed by atoms with Gasteiger partial charge in [-0.2, -0.15) is 12.7 Å². The zero-order chi connectivity index (χ0) is 25.5. The number of rotatable bonds is 13. The highest BCUT2D eigenvalue weighted by molar-refractivity contribution is 7.87. The minimum atomic E-state index is -3.58. The molecule has 3 heterocycles. The molecule has 0 aliphatic carbocycles. The zero-order valence-electron chi connectivity index (χ0n) is 21.4. The lowest BCUT2D eigenvalue weighted by molar-refractivity contribution is 0.297. The largest absolute Gasteiger partial charge is 0.497 e. The molecule has 3 aromatic rings. The summed E-state index contributed by atoms with van der Waals surface area (Å²) in [5, 5.41) is 2.02. The highest BCUT2D eigenvalue weighted by Crippen LogP contribution is 2.30. The van der Waals surface area contributed by atoms with E-state index in [1.54, 1.807) is 25.5 Å². The molecule has 2 aromatic heterocycles. The molecule has 0 spiro atoms. The Morgan fingerprint density at radius 2 is 2.06 bits per heavy atom. The number of hydrogen-bond acceptors (Lipinski definition) is 6. The Labute approximate surface area is 218 Å². The number of H-pyrrole nitrogens is 1. The first-order chi connectivity index (χ1) is 17.4. The van der Waals surface area contributed by atoms with Gasteiger partial charge in [-0.15, -0.1) is 11.3 Å². The van der Waals surface area contributed by atoms with Crippen LogP contribution in [0.25, 0.3) is 22.0 Å². The molecule has 0 radical (unpaired) electrons. The molecule has 196 valence electrons. The number of thiophene rings is 1. The van der Waals surface area contributed by atoms with Crippen LogP contribution in [0.15, 0.2) is 41.8 Å². The van der Waals surface area contributed by atoms with Crippen molar-refractivity contribution in [3.8, 4) is 27.7 Å². The number of likely N-dealkylation sites (tertiary alicyclic amines) is 1. The Balaban J connectivity index is 1.41. The second kappa shape index (κ2) is 12.3. The maximum atomic E-state index is 13.1. The maximum Gasteiger partial charge on any atom is 0.279 e. The average Bonchev–Trinajstić information content (AvgIpc) is 3.65. The van der Waals surface area contributed by atoms with Gasteiger partial charge in [-0.1, -0.05) is 25.8 Å². The summed E-state index contributed by atoms with van der Waals surface area (Å²) in [6, 6.07) is 11.8. The van der Waals surface area contributed by atoms with Crippen molar-refractivity contribution in [1.29, 1.82) is 0 Å². The summed E-state index contributed by atoms with van der Waals surface area (Å²) in [4.78, 5) is 11.7. The van der Waals surface area contributed by atoms with Gasteiger partial charge in [-0.3, -0.25) is 0 Å². The van der Waals surface area contributed by atoms with Crippen molar-refractivity contribution in [2.75, 3.05) is 40.3 Å². The third-order valence-corrected chi connectivity index (χ3v) is 9.28. The van der Waals surface area contributed by atoms with Gasteiger partial charge in [0.15, 0.2) is 0 Å². The molecule has 1 aromatic carbocycles. The Bertz CT molecular complexity index is 1190. The summed E-state index contributed by atoms with van der Waals surface area (Å²) in [7, 11) is -0.245. The highest BCUT2D eigenvalue weighted by Gasteiger charge is 2.31. The van der Waals surface area contributed by atoms with Gasteiger partial charge in [0, 0.05) is 43.9 Å². The first-order valence-electron chi connectivity index (χ1n) is 12.6. The normalized spacial score (nSPS) is 16.7. The number of aromatic nitrogens is 2. The van der Waals surface area contributed by atoms with E-state index >= 15 is 0 Å². The number of methoxy groups -OCH3 is 1. The molecule has 0 saturated carbocycles. The van der Waals surface area contributed by atoms with Crippen molar-refractivity contribution in [2.24, 2.45) is 0 Å². The second-order valence-electron chi connectivity index (χ2n) is 9.23. The first-order valence-corrected chi connectivity index (χ1v) is 15.0. The molecule has 1 aliphatic rings. The predicted octanol–water partition coefficient (Wildman–Crippen LogP) is 4.39. The fourth-order valence-electron chi connectivity index (χ4n) is 4.61. The van der Waals surface area contributed by atoms with Crippen molar-refractivity contribution in [3.05, 3.63) is 47.5 Å². The topological polar surface area (TPSA) is 90.6 Å². The van der Waals surface area contributed by atoms with Crippen molar-refractivity contribution < 1.29 is 13.2 Å². The average molecular weight is 532 g/mol. The lowest BCUT2D eigenvalue weighted by Crippen LogP contribution is -2.45. The van der Waals surface area contributed by atoms with E-state index in [0.29, 0.717) is 6.42 Å². The fourth-order valence-corrected chi connectivity index (χ4v) is 6.41. The number of nitrogens with one attached hydrogen (secondary N) is 2. The quantitative estimate of drug-likeness (QED) is 0.319. The lowest BCUT2D eigenvalue weighted by atomic mass is 10.1. The number of benzene rings is 1. The smallest absolute Gasteiger partial charge is 0.279 e. The Hall–Kier alpha value is -2.24. The number of imidazole rings is 1. The molecule has 1 aliphatic heterocycles. The van der Waals surface area contributed by atoms with E-state index in [-0.39, 0.29) is 12.6 Å². The predicted molar refractivity (Wildman–Crippen MR) is 147 cm³/mol. The number of ether oxygens (including phenoxy) is 1. The number of hydrogen-bond donors (Lipinski definition) is 2. The third-order valence-electron chi connectivity index (χ3n) is 6.77. The molecule has 1 saturated heterocycles. The second-order valence-corrected chi connectivity index (χ2v) is 12.0. The molecule has 1 unspecified atom stereocenters. The van der Waals surface area contributed by atoms with Crippen LogP contribution in [0, 0.1) is 0 Å². The van der Waals surface area contributed by atoms with Gasteiger partial charge in [-0.25, -0.2) is 9.71 Å². The van der Waals surface area contributed by atoms with Gasteiger partial charge in [0.05, 0.1) is 17.7 Å². The van der Waals surface area contributed by atoms with Gasteiger partial charge in [0.1, 0.15) is 11.6 Å². The van der Waals surface area contributed by atoms with Crippen molar-refractivity contribution in [2.45, 2.75) is 45.1 Å². The Morgan fingerprint density at radius 3 is 2.75 bits per heavy atom. The molecule has 8 nitrogen and oxygen atoms in total. The first kappa shape index (κ1) is 26.8. The SMILES string of the molecule is CCCCCN1CCC(N(C)S(=O)(=O)NCCc2[nH]c(-c3cccs3)nc2-c2ccc(OC)cc2)C1. The Morgan fingerprint density at radius 1 is 1.25 bits per heavy atom. The molecule has 10 heteroatoms. The molecule has 4 rings (SSSR count). The maximum absolute atomic E-state index is 13.1. The van der Waals surface area contributed by atoms with E-state index in [0.717, 1.165) is 59.5 Å². The van der Waals surface area contributed by atoms with Crippen LogP contribution in [0.5, 0.6) is 5.75 Å². The van der Waals surface area contributed by atoms with Crippen LogP contribution in [0.1, 0.15) is 38.3 Å². The van der Waals surface area contributed by atoms with Crippen LogP contribution in [0.2, 0.25) is 0 Å². The molecule has 1 fully saturated rings. The molecule has 1 atom stereocenters. The minimum absolute atomic E-state index is 0.0107. The highest BCUT2D eigenvalue weighted by atomic mass is 32.2. The van der Waals surface area contributed by atoms with Crippen molar-refractivity contribution in [3.63, 3.8) is 0 Å². The van der Waals surface area contributed by atoms with Gasteiger partial charge >= 0.3 is 0 Å². The fraction of sp³-hybridized carbons (Fsp3) is 0.500. The summed E-state index contributed by atoms with van der Waals surface area (Å²) in [6.07, 6.45) is 4.96. The van der Waals surface area contributed by atoms with Crippen molar-refractivity contribution >= 4 is 21.5 Å². The summed E-state index contributed by atoms with van der Waals surface area (Å²) < 4.78 is 35.7. The van der Waals surface area contributed by atoms with Crippen LogP contribution < -0.4 is 9.46 Å². The zero-order valence-corrected chi connectivity index (χ0v) is 23.0. The summed E-state index contributed by atoms with van der Waals surface area (Å²) >= 11 is 1.62. The van der Waals surface area contributed by atoms with Gasteiger partial charge in [-0.05, 0) is 61.6 Å². The summed E-state index contributed by atoms with van der Waals surface area (Å²) in [5.41, 5.74) is 2.68. The lowest BCUT2D eigenvalue weighted by Gasteiger charge is -2.24. The number of aromatic amines is 1. The van der Waals surface area contributed by atoms with Gasteiger partial charge < -0.3 is 14.6 Å². The monoisotopic (exact) mass is 531 g/mol. The molecular weight excluding hydrogens is 494 g/mol. The molecule has 0 bridgehead atoms. The van der Waals surface area contributed by atoms with E-state index in [2.05, 4.69) is 21.5 Å². The molecule has 2 N–H and O–H groups in total. The van der Waals surface area contributed by atoms with Crippen LogP contribution in [0.3, 0.4) is 0 Å². The molecular formula is C26H37N5O3S2. The van der Waals surface area contributed by atoms with Gasteiger partial charge in [0.2, 0.25) is 0 Å². The number of nitrogens with zero attached hydrogens (tertiary/aromatic N) is 3. The van der Waals surface area contributed by atoms with Crippen LogP contribution in [0.4, 0.5) is 0 Å². The van der Waals surface area contributed by atoms with E-state index in [9.17, 15) is 8.42 Å². The Kier molecular flexibility index (Phi) is 9.19. The van der Waals surface area contributed by atoms with E-state index in [1.807, 2.05) is 41.8 Å². The minimum Gasteiger partial charge on any atom is -0.497 e. The van der Waals surface area contributed by atoms with Crippen LogP contribution in [-0.4, -0.2) is 74.0 Å². The van der Waals surface area contributed by atoms with Crippen molar-refractivity contribution in [1.82, 2.24) is 23.9 Å².